The molecule has 0 saturated carbocycles. The van der Waals surface area contributed by atoms with Gasteiger partial charge in [0.15, 0.2) is 0 Å². The molecule has 0 aliphatic heterocycles. The molecule has 162 valence electrons. The van der Waals surface area contributed by atoms with Crippen LogP contribution in [-0.2, 0) is 4.79 Å². The first kappa shape index (κ1) is 26.0. The molecule has 0 aliphatic carbocycles. The van der Waals surface area contributed by atoms with Crippen molar-refractivity contribution >= 4 is 68.6 Å². The third kappa shape index (κ3) is 6.45. The Morgan fingerprint density at radius 3 is 1.45 bits per heavy atom. The standard InChI is InChI=1S/C17H23I2N3O7/c1-7-11(16(28)21-9(3-23)4-24)13(18)15(20-8(2)27)14(19)12(7)17(29)22-10(5-25)6-26/h9-10,23-26H,3-6H2,1-2H3,(H,20,27)(H,21,28)(H,22,29). The van der Waals surface area contributed by atoms with Crippen LogP contribution in [0.5, 0.6) is 0 Å². The molecule has 0 aliphatic rings. The highest BCUT2D eigenvalue weighted by atomic mass is 127. The normalized spacial score (nSPS) is 11.0. The van der Waals surface area contributed by atoms with Crippen LogP contribution in [0.2, 0.25) is 0 Å². The average Bonchev–Trinajstić information content (AvgIpc) is 2.67. The van der Waals surface area contributed by atoms with Crippen molar-refractivity contribution in [1.82, 2.24) is 10.6 Å². The van der Waals surface area contributed by atoms with Gasteiger partial charge >= 0.3 is 0 Å². The average molecular weight is 635 g/mol. The number of aliphatic hydroxyl groups is 4. The van der Waals surface area contributed by atoms with E-state index in [1.54, 1.807) is 6.92 Å². The Balaban J connectivity index is 3.61. The Bertz CT molecular complexity index is 728. The summed E-state index contributed by atoms with van der Waals surface area (Å²) in [4.78, 5) is 37.3. The molecule has 0 radical (unpaired) electrons. The van der Waals surface area contributed by atoms with Crippen molar-refractivity contribution in [3.63, 3.8) is 0 Å². The Kier molecular flexibility index (Phi) is 10.7. The van der Waals surface area contributed by atoms with E-state index in [-0.39, 0.29) is 16.8 Å². The highest BCUT2D eigenvalue weighted by molar-refractivity contribution is 14.1. The summed E-state index contributed by atoms with van der Waals surface area (Å²) in [5.74, 6) is -1.69. The van der Waals surface area contributed by atoms with Crippen LogP contribution < -0.4 is 16.0 Å². The fourth-order valence-corrected chi connectivity index (χ4v) is 5.06. The molecule has 0 heterocycles. The molecule has 3 amide bonds. The van der Waals surface area contributed by atoms with Crippen LogP contribution in [0, 0.1) is 14.1 Å². The van der Waals surface area contributed by atoms with Gasteiger partial charge in [-0.3, -0.25) is 14.4 Å². The number of hydrogen-bond donors (Lipinski definition) is 7. The predicted octanol–water partition coefficient (Wildman–Crippen LogP) is -0.671. The number of carbonyl (C=O) groups excluding carboxylic acids is 3. The number of amides is 3. The number of nitrogens with one attached hydrogen (secondary N) is 3. The minimum absolute atomic E-state index is 0.0939. The summed E-state index contributed by atoms with van der Waals surface area (Å²) in [5, 5.41) is 44.5. The second-order valence-electron chi connectivity index (χ2n) is 6.13. The number of rotatable bonds is 9. The van der Waals surface area contributed by atoms with E-state index in [9.17, 15) is 34.8 Å². The Morgan fingerprint density at radius 2 is 1.17 bits per heavy atom. The van der Waals surface area contributed by atoms with Crippen molar-refractivity contribution in [1.29, 1.82) is 0 Å². The maximum absolute atomic E-state index is 12.8. The van der Waals surface area contributed by atoms with Crippen LogP contribution in [0.25, 0.3) is 0 Å². The van der Waals surface area contributed by atoms with Crippen LogP contribution in [0.3, 0.4) is 0 Å². The van der Waals surface area contributed by atoms with Crippen molar-refractivity contribution in [3.8, 4) is 0 Å². The summed E-state index contributed by atoms with van der Waals surface area (Å²) in [6.45, 7) is 0.898. The first-order chi connectivity index (χ1) is 13.6. The van der Waals surface area contributed by atoms with E-state index in [4.69, 9.17) is 0 Å². The molecular weight excluding hydrogens is 612 g/mol. The SMILES string of the molecule is CC(=O)Nc1c(I)c(C(=O)NC(CO)CO)c(C)c(C(=O)NC(CO)CO)c1I. The van der Waals surface area contributed by atoms with Crippen LogP contribution in [-0.4, -0.2) is 76.7 Å². The smallest absolute Gasteiger partial charge is 0.253 e. The number of benzene rings is 1. The van der Waals surface area contributed by atoms with E-state index in [2.05, 4.69) is 16.0 Å². The summed E-state index contributed by atoms with van der Waals surface area (Å²) in [6.07, 6.45) is 0. The van der Waals surface area contributed by atoms with Crippen LogP contribution in [0.1, 0.15) is 33.2 Å². The number of anilines is 1. The molecule has 0 unspecified atom stereocenters. The van der Waals surface area contributed by atoms with Crippen LogP contribution >= 0.6 is 45.2 Å². The van der Waals surface area contributed by atoms with Gasteiger partial charge in [0.1, 0.15) is 0 Å². The van der Waals surface area contributed by atoms with E-state index in [0.717, 1.165) is 0 Å². The van der Waals surface area contributed by atoms with Crippen LogP contribution in [0.15, 0.2) is 0 Å². The van der Waals surface area contributed by atoms with Crippen molar-refractivity contribution in [2.75, 3.05) is 31.7 Å². The lowest BCUT2D eigenvalue weighted by molar-refractivity contribution is -0.114. The quantitative estimate of drug-likeness (QED) is 0.177. The van der Waals surface area contributed by atoms with Gasteiger partial charge in [-0.25, -0.2) is 0 Å². The minimum atomic E-state index is -0.897. The molecule has 0 atom stereocenters. The molecule has 1 rings (SSSR count). The zero-order valence-corrected chi connectivity index (χ0v) is 20.1. The lowest BCUT2D eigenvalue weighted by atomic mass is 9.99. The highest BCUT2D eigenvalue weighted by Crippen LogP contribution is 2.34. The molecule has 12 heteroatoms. The maximum atomic E-state index is 12.8. The monoisotopic (exact) mass is 635 g/mol. The van der Waals surface area contributed by atoms with E-state index in [1.165, 1.54) is 6.92 Å². The summed E-state index contributed by atoms with van der Waals surface area (Å²) in [5.41, 5.74) is 0.744. The summed E-state index contributed by atoms with van der Waals surface area (Å²) in [7, 11) is 0. The first-order valence-electron chi connectivity index (χ1n) is 8.47. The highest BCUT2D eigenvalue weighted by Gasteiger charge is 2.28. The van der Waals surface area contributed by atoms with Gasteiger partial charge in [-0.1, -0.05) is 0 Å². The Labute approximate surface area is 194 Å². The largest absolute Gasteiger partial charge is 0.394 e. The van der Waals surface area contributed by atoms with Gasteiger partial charge in [-0.15, -0.1) is 0 Å². The lowest BCUT2D eigenvalue weighted by Crippen LogP contribution is -2.42. The summed E-state index contributed by atoms with van der Waals surface area (Å²) < 4.78 is 0.758. The molecular formula is C17H23I2N3O7. The van der Waals surface area contributed by atoms with E-state index < -0.39 is 56.2 Å². The molecule has 0 bridgehead atoms. The van der Waals surface area contributed by atoms with Crippen molar-refractivity contribution in [2.45, 2.75) is 25.9 Å². The van der Waals surface area contributed by atoms with Gasteiger partial charge in [0, 0.05) is 6.92 Å². The third-order valence-electron chi connectivity index (χ3n) is 3.94. The minimum Gasteiger partial charge on any atom is -0.394 e. The predicted molar refractivity (Wildman–Crippen MR) is 122 cm³/mol. The molecule has 0 fully saturated rings. The molecule has 29 heavy (non-hydrogen) atoms. The number of hydrogen-bond acceptors (Lipinski definition) is 7. The lowest BCUT2D eigenvalue weighted by Gasteiger charge is -2.22. The molecule has 0 saturated heterocycles. The van der Waals surface area contributed by atoms with Gasteiger partial charge < -0.3 is 36.4 Å². The third-order valence-corrected chi connectivity index (χ3v) is 6.09. The molecule has 7 N–H and O–H groups in total. The van der Waals surface area contributed by atoms with Gasteiger partial charge in [0.05, 0.1) is 62.5 Å². The fraction of sp³-hybridized carbons (Fsp3) is 0.471. The first-order valence-corrected chi connectivity index (χ1v) is 10.6. The topological polar surface area (TPSA) is 168 Å². The summed E-state index contributed by atoms with van der Waals surface area (Å²) in [6, 6.07) is -1.79. The van der Waals surface area contributed by atoms with Gasteiger partial charge in [-0.2, -0.15) is 0 Å². The van der Waals surface area contributed by atoms with Crippen molar-refractivity contribution < 1.29 is 34.8 Å². The second kappa shape index (κ2) is 11.9. The molecule has 1 aromatic carbocycles. The van der Waals surface area contributed by atoms with Crippen molar-refractivity contribution in [2.24, 2.45) is 0 Å². The molecule has 1 aromatic rings. The zero-order chi connectivity index (χ0) is 22.3. The number of carbonyl (C=O) groups is 3. The molecule has 0 aromatic heterocycles. The van der Waals surface area contributed by atoms with Crippen LogP contribution in [0.4, 0.5) is 5.69 Å². The zero-order valence-electron chi connectivity index (χ0n) is 15.8. The van der Waals surface area contributed by atoms with E-state index in [0.29, 0.717) is 12.7 Å². The molecule has 0 spiro atoms. The molecule has 10 nitrogen and oxygen atoms in total. The second-order valence-corrected chi connectivity index (χ2v) is 8.29. The van der Waals surface area contributed by atoms with E-state index in [1.807, 2.05) is 45.2 Å². The van der Waals surface area contributed by atoms with Gasteiger partial charge in [0.25, 0.3) is 11.8 Å². The number of aliphatic hydroxyl groups excluding tert-OH is 4. The Morgan fingerprint density at radius 1 is 0.828 bits per heavy atom. The van der Waals surface area contributed by atoms with Gasteiger partial charge in [-0.05, 0) is 57.7 Å². The maximum Gasteiger partial charge on any atom is 0.253 e. The van der Waals surface area contributed by atoms with E-state index >= 15 is 0 Å². The van der Waals surface area contributed by atoms with Gasteiger partial charge in [0.2, 0.25) is 5.91 Å². The number of halogens is 2. The summed E-state index contributed by atoms with van der Waals surface area (Å²) >= 11 is 3.75. The fourth-order valence-electron chi connectivity index (χ4n) is 2.44. The van der Waals surface area contributed by atoms with Crippen molar-refractivity contribution in [3.05, 3.63) is 23.8 Å². The Hall–Kier alpha value is -1.07.